The number of thiophene rings is 1. The third-order valence-electron chi connectivity index (χ3n) is 5.70. The fourth-order valence-electron chi connectivity index (χ4n) is 3.86. The van der Waals surface area contributed by atoms with Crippen molar-refractivity contribution < 1.29 is 27.4 Å². The standard InChI is InChI=1S/C23H25N5O6S3/c1-2-27-9-10-28(23(31)22(27)30)13-20(29)24-17(18-14-36-21(25-18)19-4-3-11-35-19)12-15-5-7-16(8-6-15)26-37(32,33)34/h3-8,11,14,17,26H,2,9-10,12-13H2,1H3,(H,24,29)(H,32,33,34)/t17-/m0/s1. The molecule has 3 amide bonds. The quantitative estimate of drug-likeness (QED) is 0.253. The molecule has 0 unspecified atom stereocenters. The molecule has 1 aliphatic rings. The number of nitrogens with one attached hydrogen (secondary N) is 2. The molecule has 0 aliphatic carbocycles. The summed E-state index contributed by atoms with van der Waals surface area (Å²) in [5.74, 6) is -1.74. The van der Waals surface area contributed by atoms with Crippen LogP contribution in [0.5, 0.6) is 0 Å². The number of likely N-dealkylation sites (N-methyl/N-ethyl adjacent to an activating group) is 1. The van der Waals surface area contributed by atoms with Gasteiger partial charge in [-0.1, -0.05) is 18.2 Å². The van der Waals surface area contributed by atoms with E-state index in [0.717, 1.165) is 15.4 Å². The van der Waals surface area contributed by atoms with Crippen LogP contribution in [-0.4, -0.2) is 71.7 Å². The summed E-state index contributed by atoms with van der Waals surface area (Å²) < 4.78 is 33.1. The maximum absolute atomic E-state index is 13.0. The average Bonchev–Trinajstić information content (AvgIpc) is 3.54. The van der Waals surface area contributed by atoms with E-state index in [2.05, 4.69) is 5.32 Å². The fraction of sp³-hybridized carbons (Fsp3) is 0.304. The van der Waals surface area contributed by atoms with Crippen LogP contribution < -0.4 is 10.0 Å². The van der Waals surface area contributed by atoms with Gasteiger partial charge in [-0.05, 0) is 42.5 Å². The van der Waals surface area contributed by atoms with Gasteiger partial charge in [0, 0.05) is 25.0 Å². The van der Waals surface area contributed by atoms with Crippen LogP contribution in [0.3, 0.4) is 0 Å². The van der Waals surface area contributed by atoms with Crippen molar-refractivity contribution in [3.05, 3.63) is 58.4 Å². The summed E-state index contributed by atoms with van der Waals surface area (Å²) in [6.07, 6.45) is 0.335. The molecule has 0 radical (unpaired) electrons. The van der Waals surface area contributed by atoms with Crippen LogP contribution >= 0.6 is 22.7 Å². The normalized spacial score (nSPS) is 15.1. The molecule has 11 nitrogen and oxygen atoms in total. The molecule has 4 rings (SSSR count). The molecule has 37 heavy (non-hydrogen) atoms. The van der Waals surface area contributed by atoms with Crippen LogP contribution in [0.2, 0.25) is 0 Å². The number of hydrogen-bond acceptors (Lipinski definition) is 8. The van der Waals surface area contributed by atoms with Crippen molar-refractivity contribution in [2.24, 2.45) is 0 Å². The van der Waals surface area contributed by atoms with E-state index >= 15 is 0 Å². The van der Waals surface area contributed by atoms with E-state index < -0.39 is 34.1 Å². The van der Waals surface area contributed by atoms with E-state index in [4.69, 9.17) is 9.54 Å². The maximum Gasteiger partial charge on any atom is 0.357 e. The number of carbonyl (C=O) groups is 3. The Kier molecular flexibility index (Phi) is 8.22. The van der Waals surface area contributed by atoms with Crippen molar-refractivity contribution in [1.29, 1.82) is 0 Å². The molecule has 3 aromatic rings. The summed E-state index contributed by atoms with van der Waals surface area (Å²) in [6, 6.07) is 9.69. The fourth-order valence-corrected chi connectivity index (χ4v) is 5.99. The Hall–Kier alpha value is -3.33. The van der Waals surface area contributed by atoms with Gasteiger partial charge in [-0.15, -0.1) is 22.7 Å². The van der Waals surface area contributed by atoms with Gasteiger partial charge in [-0.3, -0.25) is 23.7 Å². The predicted octanol–water partition coefficient (Wildman–Crippen LogP) is 2.18. The highest BCUT2D eigenvalue weighted by Gasteiger charge is 2.33. The largest absolute Gasteiger partial charge is 0.357 e. The molecule has 196 valence electrons. The lowest BCUT2D eigenvalue weighted by Gasteiger charge is -2.33. The number of carbonyl (C=O) groups excluding carboxylic acids is 3. The minimum atomic E-state index is -4.39. The van der Waals surface area contributed by atoms with E-state index in [9.17, 15) is 22.8 Å². The summed E-state index contributed by atoms with van der Waals surface area (Å²) in [5, 5.41) is 7.57. The van der Waals surface area contributed by atoms with Crippen LogP contribution in [0.4, 0.5) is 5.69 Å². The number of piperazine rings is 1. The summed E-state index contributed by atoms with van der Waals surface area (Å²) >= 11 is 3.00. The molecule has 3 heterocycles. The molecule has 0 spiro atoms. The third-order valence-corrected chi connectivity index (χ3v) is 8.09. The first-order valence-corrected chi connectivity index (χ1v) is 14.5. The summed E-state index contributed by atoms with van der Waals surface area (Å²) in [7, 11) is -4.39. The van der Waals surface area contributed by atoms with Gasteiger partial charge in [0.15, 0.2) is 0 Å². The number of anilines is 1. The van der Waals surface area contributed by atoms with Crippen LogP contribution in [-0.2, 0) is 31.1 Å². The molecular weight excluding hydrogens is 538 g/mol. The molecule has 0 bridgehead atoms. The zero-order valence-electron chi connectivity index (χ0n) is 19.8. The number of thiazole rings is 1. The van der Waals surface area contributed by atoms with E-state index in [1.807, 2.05) is 27.6 Å². The highest BCUT2D eigenvalue weighted by Crippen LogP contribution is 2.31. The van der Waals surface area contributed by atoms with Gasteiger partial charge >= 0.3 is 22.1 Å². The van der Waals surface area contributed by atoms with E-state index in [-0.39, 0.29) is 18.8 Å². The first kappa shape index (κ1) is 26.7. The van der Waals surface area contributed by atoms with E-state index in [1.165, 1.54) is 33.3 Å². The van der Waals surface area contributed by atoms with Crippen molar-refractivity contribution in [3.8, 4) is 9.88 Å². The number of amides is 3. The van der Waals surface area contributed by atoms with Gasteiger partial charge in [0.1, 0.15) is 11.6 Å². The molecule has 1 aromatic carbocycles. The Labute approximate surface area is 222 Å². The Balaban J connectivity index is 1.50. The molecule has 1 atom stereocenters. The van der Waals surface area contributed by atoms with Gasteiger partial charge < -0.3 is 15.1 Å². The van der Waals surface area contributed by atoms with Crippen molar-refractivity contribution in [1.82, 2.24) is 20.1 Å². The summed E-state index contributed by atoms with van der Waals surface area (Å²) in [4.78, 5) is 46.0. The monoisotopic (exact) mass is 563 g/mol. The molecule has 3 N–H and O–H groups in total. The second kappa shape index (κ2) is 11.4. The Morgan fingerprint density at radius 2 is 1.81 bits per heavy atom. The van der Waals surface area contributed by atoms with Gasteiger partial charge in [0.05, 0.1) is 22.3 Å². The van der Waals surface area contributed by atoms with Crippen molar-refractivity contribution in [2.45, 2.75) is 19.4 Å². The first-order chi connectivity index (χ1) is 17.6. The second-order valence-corrected chi connectivity index (χ2v) is 11.2. The zero-order valence-corrected chi connectivity index (χ0v) is 22.2. The Morgan fingerprint density at radius 3 is 2.46 bits per heavy atom. The lowest BCUT2D eigenvalue weighted by molar-refractivity contribution is -0.156. The second-order valence-electron chi connectivity index (χ2n) is 8.26. The van der Waals surface area contributed by atoms with Crippen LogP contribution in [0.25, 0.3) is 9.88 Å². The van der Waals surface area contributed by atoms with Gasteiger partial charge in [0.25, 0.3) is 0 Å². The topological polar surface area (TPSA) is 149 Å². The van der Waals surface area contributed by atoms with Crippen molar-refractivity contribution in [2.75, 3.05) is 30.9 Å². The number of nitrogens with zero attached hydrogens (tertiary/aromatic N) is 3. The third kappa shape index (κ3) is 6.91. The smallest absolute Gasteiger partial charge is 0.346 e. The molecule has 2 aromatic heterocycles. The molecule has 14 heteroatoms. The average molecular weight is 564 g/mol. The maximum atomic E-state index is 13.0. The summed E-state index contributed by atoms with van der Waals surface area (Å²) in [5.41, 5.74) is 1.61. The zero-order chi connectivity index (χ0) is 26.6. The predicted molar refractivity (Wildman–Crippen MR) is 140 cm³/mol. The molecule has 1 aliphatic heterocycles. The van der Waals surface area contributed by atoms with Crippen molar-refractivity contribution in [3.63, 3.8) is 0 Å². The number of hydrogen-bond donors (Lipinski definition) is 3. The van der Waals surface area contributed by atoms with E-state index in [0.29, 0.717) is 25.2 Å². The van der Waals surface area contributed by atoms with E-state index in [1.54, 1.807) is 30.4 Å². The molecule has 0 saturated carbocycles. The first-order valence-electron chi connectivity index (χ1n) is 11.3. The highest BCUT2D eigenvalue weighted by molar-refractivity contribution is 7.87. The lowest BCUT2D eigenvalue weighted by Crippen LogP contribution is -2.56. The minimum absolute atomic E-state index is 0.190. The van der Waals surface area contributed by atoms with Crippen LogP contribution in [0, 0.1) is 0 Å². The molecule has 1 fully saturated rings. The molecule has 1 saturated heterocycles. The van der Waals surface area contributed by atoms with Crippen LogP contribution in [0.1, 0.15) is 24.2 Å². The SMILES string of the molecule is CCN1CCN(CC(=O)N[C@@H](Cc2ccc(NS(=O)(=O)O)cc2)c2csc(-c3cccs3)n2)C(=O)C1=O. The Morgan fingerprint density at radius 1 is 1.11 bits per heavy atom. The highest BCUT2D eigenvalue weighted by atomic mass is 32.2. The van der Waals surface area contributed by atoms with Crippen LogP contribution in [0.15, 0.2) is 47.2 Å². The Bertz CT molecular complexity index is 1370. The van der Waals surface area contributed by atoms with Crippen molar-refractivity contribution >= 4 is 56.4 Å². The number of rotatable bonds is 10. The number of aromatic nitrogens is 1. The minimum Gasteiger partial charge on any atom is -0.346 e. The molecular formula is C23H25N5O6S3. The van der Waals surface area contributed by atoms with Gasteiger partial charge in [0.2, 0.25) is 5.91 Å². The summed E-state index contributed by atoms with van der Waals surface area (Å²) in [6.45, 7) is 2.62. The lowest BCUT2D eigenvalue weighted by atomic mass is 10.0. The number of benzene rings is 1. The van der Waals surface area contributed by atoms with Gasteiger partial charge in [-0.25, -0.2) is 4.98 Å². The van der Waals surface area contributed by atoms with Gasteiger partial charge in [-0.2, -0.15) is 8.42 Å².